The maximum atomic E-state index is 12.3. The van der Waals surface area contributed by atoms with Gasteiger partial charge in [0.1, 0.15) is 5.75 Å². The maximum Gasteiger partial charge on any atom is 0.319 e. The van der Waals surface area contributed by atoms with Crippen molar-refractivity contribution in [2.24, 2.45) is 0 Å². The fourth-order valence-electron chi connectivity index (χ4n) is 3.19. The molecular weight excluding hydrogens is 402 g/mol. The Bertz CT molecular complexity index is 1130. The summed E-state index contributed by atoms with van der Waals surface area (Å²) in [6, 6.07) is 11.7. The van der Waals surface area contributed by atoms with E-state index in [2.05, 4.69) is 15.6 Å². The Hall–Kier alpha value is -3.00. The molecule has 0 aliphatic heterocycles. The Balaban J connectivity index is 1.61. The first-order valence-corrected chi connectivity index (χ1v) is 11.3. The van der Waals surface area contributed by atoms with E-state index in [1.807, 2.05) is 31.3 Å². The van der Waals surface area contributed by atoms with Gasteiger partial charge in [0.25, 0.3) is 0 Å². The number of nitrogens with one attached hydrogen (secondary N) is 3. The molecule has 1 unspecified atom stereocenters. The standard InChI is InChI=1S/C22H27N3O4S/c1-14(2)30(27,28)18-8-5-16(6-9-18)25-22(26)24-12-15(3)20-13-23-21-10-7-17(29-4)11-19(20)21/h5-11,13-15,23H,12H2,1-4H3,(H2,24,25,26). The minimum absolute atomic E-state index is 0.0789. The Morgan fingerprint density at radius 1 is 1.10 bits per heavy atom. The average Bonchev–Trinajstić information content (AvgIpc) is 3.15. The molecule has 3 N–H and O–H groups in total. The highest BCUT2D eigenvalue weighted by Gasteiger charge is 2.19. The van der Waals surface area contributed by atoms with Crippen molar-refractivity contribution in [3.63, 3.8) is 0 Å². The van der Waals surface area contributed by atoms with Crippen molar-refractivity contribution in [3.8, 4) is 5.75 Å². The number of fused-ring (bicyclic) bond motifs is 1. The van der Waals surface area contributed by atoms with Gasteiger partial charge in [0.2, 0.25) is 0 Å². The van der Waals surface area contributed by atoms with E-state index in [9.17, 15) is 13.2 Å². The normalized spacial score (nSPS) is 12.7. The van der Waals surface area contributed by atoms with Crippen molar-refractivity contribution in [1.29, 1.82) is 0 Å². The molecule has 160 valence electrons. The van der Waals surface area contributed by atoms with E-state index in [0.29, 0.717) is 12.2 Å². The lowest BCUT2D eigenvalue weighted by Gasteiger charge is -2.14. The summed E-state index contributed by atoms with van der Waals surface area (Å²) in [5, 5.41) is 6.16. The number of sulfone groups is 1. The number of aromatic nitrogens is 1. The first-order chi connectivity index (χ1) is 14.2. The van der Waals surface area contributed by atoms with Crippen LogP contribution in [-0.2, 0) is 9.84 Å². The number of methoxy groups -OCH3 is 1. The summed E-state index contributed by atoms with van der Waals surface area (Å²) in [4.78, 5) is 15.8. The predicted octanol–water partition coefficient (Wildman–Crippen LogP) is 4.28. The van der Waals surface area contributed by atoms with Crippen LogP contribution in [0.4, 0.5) is 10.5 Å². The summed E-state index contributed by atoms with van der Waals surface area (Å²) in [5.41, 5.74) is 2.63. The van der Waals surface area contributed by atoms with Crippen molar-refractivity contribution in [1.82, 2.24) is 10.3 Å². The molecule has 3 aromatic rings. The Labute approximate surface area is 176 Å². The second-order valence-corrected chi connectivity index (χ2v) is 10.0. The predicted molar refractivity (Wildman–Crippen MR) is 119 cm³/mol. The molecule has 0 radical (unpaired) electrons. The molecule has 2 aromatic carbocycles. The fraction of sp³-hybridized carbons (Fsp3) is 0.318. The van der Waals surface area contributed by atoms with Crippen LogP contribution in [0.1, 0.15) is 32.3 Å². The average molecular weight is 430 g/mol. The van der Waals surface area contributed by atoms with Crippen LogP contribution < -0.4 is 15.4 Å². The number of hydrogen-bond donors (Lipinski definition) is 3. The number of amides is 2. The van der Waals surface area contributed by atoms with Gasteiger partial charge < -0.3 is 20.4 Å². The Kier molecular flexibility index (Phi) is 6.36. The molecule has 0 fully saturated rings. The summed E-state index contributed by atoms with van der Waals surface area (Å²) in [7, 11) is -1.70. The van der Waals surface area contributed by atoms with E-state index >= 15 is 0 Å². The van der Waals surface area contributed by atoms with Crippen LogP contribution in [0.2, 0.25) is 0 Å². The third kappa shape index (κ3) is 4.59. The minimum Gasteiger partial charge on any atom is -0.497 e. The summed E-state index contributed by atoms with van der Waals surface area (Å²) >= 11 is 0. The van der Waals surface area contributed by atoms with Crippen LogP contribution in [0.15, 0.2) is 53.6 Å². The number of benzene rings is 2. The van der Waals surface area contributed by atoms with Gasteiger partial charge in [-0.05, 0) is 61.9 Å². The SMILES string of the molecule is COc1ccc2[nH]cc(C(C)CNC(=O)Nc3ccc(S(=O)(=O)C(C)C)cc3)c2c1. The molecule has 0 aliphatic carbocycles. The lowest BCUT2D eigenvalue weighted by atomic mass is 10.0. The molecule has 0 spiro atoms. The van der Waals surface area contributed by atoms with Crippen LogP contribution in [0.5, 0.6) is 5.75 Å². The molecule has 0 saturated carbocycles. The van der Waals surface area contributed by atoms with Gasteiger partial charge in [0, 0.05) is 35.2 Å². The zero-order chi connectivity index (χ0) is 21.9. The van der Waals surface area contributed by atoms with Crippen molar-refractivity contribution >= 4 is 32.5 Å². The van der Waals surface area contributed by atoms with Crippen molar-refractivity contribution < 1.29 is 17.9 Å². The molecule has 2 amide bonds. The Morgan fingerprint density at radius 3 is 2.43 bits per heavy atom. The van der Waals surface area contributed by atoms with E-state index in [1.54, 1.807) is 33.1 Å². The highest BCUT2D eigenvalue weighted by Crippen LogP contribution is 2.28. The Morgan fingerprint density at radius 2 is 1.80 bits per heavy atom. The summed E-state index contributed by atoms with van der Waals surface area (Å²) in [5.74, 6) is 0.861. The van der Waals surface area contributed by atoms with Gasteiger partial charge in [-0.3, -0.25) is 0 Å². The minimum atomic E-state index is -3.33. The lowest BCUT2D eigenvalue weighted by Crippen LogP contribution is -2.31. The molecule has 0 bridgehead atoms. The van der Waals surface area contributed by atoms with E-state index in [1.165, 1.54) is 12.1 Å². The smallest absolute Gasteiger partial charge is 0.319 e. The molecule has 30 heavy (non-hydrogen) atoms. The third-order valence-corrected chi connectivity index (χ3v) is 7.25. The molecular formula is C22H27N3O4S. The molecule has 3 rings (SSSR count). The van der Waals surface area contributed by atoms with E-state index < -0.39 is 15.1 Å². The summed E-state index contributed by atoms with van der Waals surface area (Å²) < 4.78 is 29.7. The molecule has 0 saturated heterocycles. The first-order valence-electron chi connectivity index (χ1n) is 9.76. The number of hydrogen-bond acceptors (Lipinski definition) is 4. The number of carbonyl (C=O) groups excluding carboxylic acids is 1. The number of rotatable bonds is 7. The summed E-state index contributed by atoms with van der Waals surface area (Å²) in [6.07, 6.45) is 1.95. The van der Waals surface area contributed by atoms with Gasteiger partial charge >= 0.3 is 6.03 Å². The maximum absolute atomic E-state index is 12.3. The quantitative estimate of drug-likeness (QED) is 0.522. The third-order valence-electron chi connectivity index (χ3n) is 5.08. The largest absolute Gasteiger partial charge is 0.497 e. The molecule has 1 aromatic heterocycles. The van der Waals surface area contributed by atoms with Gasteiger partial charge in [-0.15, -0.1) is 0 Å². The number of carbonyl (C=O) groups is 1. The van der Waals surface area contributed by atoms with E-state index in [4.69, 9.17) is 4.74 Å². The molecule has 0 aliphatic rings. The van der Waals surface area contributed by atoms with Crippen LogP contribution in [0.25, 0.3) is 10.9 Å². The van der Waals surface area contributed by atoms with Gasteiger partial charge in [-0.2, -0.15) is 0 Å². The van der Waals surface area contributed by atoms with Crippen LogP contribution >= 0.6 is 0 Å². The van der Waals surface area contributed by atoms with Crippen molar-refractivity contribution in [2.45, 2.75) is 36.8 Å². The van der Waals surface area contributed by atoms with E-state index in [0.717, 1.165) is 22.2 Å². The highest BCUT2D eigenvalue weighted by molar-refractivity contribution is 7.92. The van der Waals surface area contributed by atoms with Crippen molar-refractivity contribution in [3.05, 3.63) is 54.2 Å². The van der Waals surface area contributed by atoms with Gasteiger partial charge in [0.15, 0.2) is 9.84 Å². The number of urea groups is 1. The van der Waals surface area contributed by atoms with Crippen LogP contribution in [-0.4, -0.2) is 38.3 Å². The number of H-pyrrole nitrogens is 1. The number of aromatic amines is 1. The molecule has 1 heterocycles. The molecule has 8 heteroatoms. The topological polar surface area (TPSA) is 100 Å². The summed E-state index contributed by atoms with van der Waals surface area (Å²) in [6.45, 7) is 5.75. The first kappa shape index (κ1) is 21.7. The van der Waals surface area contributed by atoms with E-state index in [-0.39, 0.29) is 16.8 Å². The van der Waals surface area contributed by atoms with Crippen molar-refractivity contribution in [2.75, 3.05) is 19.0 Å². The fourth-order valence-corrected chi connectivity index (χ4v) is 4.25. The zero-order valence-corrected chi connectivity index (χ0v) is 18.3. The van der Waals surface area contributed by atoms with Crippen LogP contribution in [0.3, 0.4) is 0 Å². The number of anilines is 1. The lowest BCUT2D eigenvalue weighted by molar-refractivity contribution is 0.251. The van der Waals surface area contributed by atoms with Crippen LogP contribution in [0, 0.1) is 0 Å². The molecule has 1 atom stereocenters. The van der Waals surface area contributed by atoms with Gasteiger partial charge in [-0.1, -0.05) is 6.92 Å². The molecule has 7 nitrogen and oxygen atoms in total. The van der Waals surface area contributed by atoms with Gasteiger partial charge in [-0.25, -0.2) is 13.2 Å². The zero-order valence-electron chi connectivity index (χ0n) is 17.5. The second-order valence-electron chi connectivity index (χ2n) is 7.51. The second kappa shape index (κ2) is 8.79. The number of ether oxygens (including phenoxy) is 1. The highest BCUT2D eigenvalue weighted by atomic mass is 32.2. The monoisotopic (exact) mass is 429 g/mol. The van der Waals surface area contributed by atoms with Gasteiger partial charge in [0.05, 0.1) is 17.3 Å².